The van der Waals surface area contributed by atoms with Crippen LogP contribution in [0.3, 0.4) is 0 Å². The van der Waals surface area contributed by atoms with Crippen LogP contribution >= 0.6 is 0 Å². The van der Waals surface area contributed by atoms with Crippen LogP contribution in [0.1, 0.15) is 36.3 Å². The quantitative estimate of drug-likeness (QED) is 0.849. The molecule has 1 aliphatic heterocycles. The van der Waals surface area contributed by atoms with Crippen LogP contribution in [-0.4, -0.2) is 55.9 Å². The molecule has 7 nitrogen and oxygen atoms in total. The molecule has 2 aromatic rings. The summed E-state index contributed by atoms with van der Waals surface area (Å²) in [4.78, 5) is 33.3. The van der Waals surface area contributed by atoms with E-state index in [1.54, 1.807) is 31.0 Å². The van der Waals surface area contributed by atoms with Gasteiger partial charge in [0.15, 0.2) is 0 Å². The maximum atomic E-state index is 12.5. The zero-order valence-electron chi connectivity index (χ0n) is 13.5. The number of hydrogen-bond acceptors (Lipinski definition) is 6. The lowest BCUT2D eigenvalue weighted by Gasteiger charge is -2.39. The monoisotopic (exact) mass is 324 g/mol. The van der Waals surface area contributed by atoms with Gasteiger partial charge in [0.2, 0.25) is 5.82 Å². The molecule has 4 rings (SSSR count). The first-order valence-electron chi connectivity index (χ1n) is 8.43. The van der Waals surface area contributed by atoms with Gasteiger partial charge in [0.25, 0.3) is 5.91 Å². The van der Waals surface area contributed by atoms with E-state index in [1.807, 2.05) is 11.0 Å². The van der Waals surface area contributed by atoms with E-state index in [9.17, 15) is 4.79 Å². The third-order valence-corrected chi connectivity index (χ3v) is 4.67. The molecule has 1 saturated carbocycles. The zero-order chi connectivity index (χ0) is 16.4. The van der Waals surface area contributed by atoms with Crippen LogP contribution in [0.2, 0.25) is 0 Å². The Hall–Kier alpha value is -2.57. The lowest BCUT2D eigenvalue weighted by molar-refractivity contribution is 0.0699. The minimum absolute atomic E-state index is 0.0749. The van der Waals surface area contributed by atoms with Crippen LogP contribution in [0.4, 0.5) is 5.82 Å². The molecule has 2 fully saturated rings. The summed E-state index contributed by atoms with van der Waals surface area (Å²) in [7, 11) is 0. The second kappa shape index (κ2) is 6.51. The topological polar surface area (TPSA) is 75.1 Å². The number of amides is 1. The first-order valence-corrected chi connectivity index (χ1v) is 8.43. The Morgan fingerprint density at radius 2 is 1.71 bits per heavy atom. The molecular weight excluding hydrogens is 304 g/mol. The van der Waals surface area contributed by atoms with Crippen molar-refractivity contribution < 1.29 is 4.79 Å². The molecule has 24 heavy (non-hydrogen) atoms. The molecule has 0 atom stereocenters. The van der Waals surface area contributed by atoms with Crippen molar-refractivity contribution in [1.29, 1.82) is 0 Å². The number of carbonyl (C=O) groups is 1. The van der Waals surface area contributed by atoms with Gasteiger partial charge in [0.1, 0.15) is 12.1 Å². The summed E-state index contributed by atoms with van der Waals surface area (Å²) in [6.07, 6.45) is 11.0. The number of anilines is 1. The van der Waals surface area contributed by atoms with Crippen molar-refractivity contribution in [3.8, 4) is 0 Å². The van der Waals surface area contributed by atoms with Gasteiger partial charge in [0.05, 0.1) is 0 Å². The molecule has 1 aliphatic carbocycles. The zero-order valence-corrected chi connectivity index (χ0v) is 13.5. The summed E-state index contributed by atoms with van der Waals surface area (Å²) < 4.78 is 0. The number of likely N-dealkylation sites (tertiary alicyclic amines) is 1. The van der Waals surface area contributed by atoms with E-state index >= 15 is 0 Å². The van der Waals surface area contributed by atoms with Crippen molar-refractivity contribution in [1.82, 2.24) is 24.8 Å². The van der Waals surface area contributed by atoms with Crippen LogP contribution in [0, 0.1) is 0 Å². The van der Waals surface area contributed by atoms with Gasteiger partial charge in [0, 0.05) is 43.8 Å². The van der Waals surface area contributed by atoms with Crippen LogP contribution in [0.25, 0.3) is 0 Å². The predicted octanol–water partition coefficient (Wildman–Crippen LogP) is 1.54. The van der Waals surface area contributed by atoms with E-state index in [-0.39, 0.29) is 11.7 Å². The summed E-state index contributed by atoms with van der Waals surface area (Å²) in [5.41, 5.74) is 0. The standard InChI is InChI=1S/C17H20N6O/c24-17(16-19-7-1-8-20-16)22-10-5-14(6-11-22)23(13-2-3-13)15-4-9-18-12-21-15/h1,4,7-9,12-14H,2-3,5-6,10-11H2. The van der Waals surface area contributed by atoms with Crippen molar-refractivity contribution in [2.45, 2.75) is 37.8 Å². The maximum Gasteiger partial charge on any atom is 0.291 e. The smallest absolute Gasteiger partial charge is 0.291 e. The highest BCUT2D eigenvalue weighted by atomic mass is 16.2. The highest BCUT2D eigenvalue weighted by molar-refractivity contribution is 5.90. The normalized spacial score (nSPS) is 18.4. The SMILES string of the molecule is O=C(c1ncccn1)N1CCC(N(c2ccncn2)C2CC2)CC1. The van der Waals surface area contributed by atoms with Gasteiger partial charge >= 0.3 is 0 Å². The lowest BCUT2D eigenvalue weighted by Crippen LogP contribution is -2.48. The average Bonchev–Trinajstić information content (AvgIpc) is 3.49. The Morgan fingerprint density at radius 1 is 1.00 bits per heavy atom. The summed E-state index contributed by atoms with van der Waals surface area (Å²) >= 11 is 0. The Morgan fingerprint density at radius 3 is 2.33 bits per heavy atom. The molecule has 124 valence electrons. The summed E-state index contributed by atoms with van der Waals surface area (Å²) in [5, 5.41) is 0. The highest BCUT2D eigenvalue weighted by Gasteiger charge is 2.37. The number of rotatable bonds is 4. The Bertz CT molecular complexity index is 683. The molecule has 0 aromatic carbocycles. The van der Waals surface area contributed by atoms with Crippen molar-refractivity contribution in [2.24, 2.45) is 0 Å². The largest absolute Gasteiger partial charge is 0.350 e. The molecule has 1 amide bonds. The molecule has 0 spiro atoms. The van der Waals surface area contributed by atoms with E-state index < -0.39 is 0 Å². The summed E-state index contributed by atoms with van der Waals surface area (Å²) in [6.45, 7) is 1.46. The molecule has 3 heterocycles. The number of hydrogen-bond donors (Lipinski definition) is 0. The fraction of sp³-hybridized carbons (Fsp3) is 0.471. The molecular formula is C17H20N6O. The number of aromatic nitrogens is 4. The third kappa shape index (κ3) is 3.06. The lowest BCUT2D eigenvalue weighted by atomic mass is 10.0. The van der Waals surface area contributed by atoms with Crippen molar-refractivity contribution in [3.05, 3.63) is 42.9 Å². The van der Waals surface area contributed by atoms with Crippen molar-refractivity contribution in [2.75, 3.05) is 18.0 Å². The highest BCUT2D eigenvalue weighted by Crippen LogP contribution is 2.35. The van der Waals surface area contributed by atoms with Crippen molar-refractivity contribution >= 4 is 11.7 Å². The van der Waals surface area contributed by atoms with Crippen LogP contribution in [0.5, 0.6) is 0 Å². The van der Waals surface area contributed by atoms with Gasteiger partial charge in [-0.25, -0.2) is 19.9 Å². The first-order chi connectivity index (χ1) is 11.8. The van der Waals surface area contributed by atoms with E-state index in [1.165, 1.54) is 12.8 Å². The second-order valence-electron chi connectivity index (χ2n) is 6.30. The summed E-state index contributed by atoms with van der Waals surface area (Å²) in [6, 6.07) is 4.71. The minimum Gasteiger partial charge on any atom is -0.350 e. The first kappa shape index (κ1) is 15.0. The molecule has 0 unspecified atom stereocenters. The molecule has 2 aliphatic rings. The Kier molecular flexibility index (Phi) is 4.06. The van der Waals surface area contributed by atoms with Gasteiger partial charge in [-0.2, -0.15) is 0 Å². The average molecular weight is 324 g/mol. The fourth-order valence-electron chi connectivity index (χ4n) is 3.36. The van der Waals surface area contributed by atoms with E-state index in [4.69, 9.17) is 0 Å². The van der Waals surface area contributed by atoms with Gasteiger partial charge < -0.3 is 9.80 Å². The van der Waals surface area contributed by atoms with Gasteiger partial charge in [-0.3, -0.25) is 4.79 Å². The Labute approximate surface area is 140 Å². The minimum atomic E-state index is -0.0749. The van der Waals surface area contributed by atoms with E-state index in [0.717, 1.165) is 31.7 Å². The van der Waals surface area contributed by atoms with Crippen LogP contribution < -0.4 is 4.90 Å². The summed E-state index contributed by atoms with van der Waals surface area (Å²) in [5.74, 6) is 1.21. The molecule has 0 radical (unpaired) electrons. The second-order valence-corrected chi connectivity index (χ2v) is 6.30. The van der Waals surface area contributed by atoms with Gasteiger partial charge in [-0.05, 0) is 37.8 Å². The predicted molar refractivity (Wildman–Crippen MR) is 88.5 cm³/mol. The van der Waals surface area contributed by atoms with Crippen LogP contribution in [0.15, 0.2) is 37.1 Å². The fourth-order valence-corrected chi connectivity index (χ4v) is 3.36. The van der Waals surface area contributed by atoms with Gasteiger partial charge in [-0.15, -0.1) is 0 Å². The number of nitrogens with zero attached hydrogens (tertiary/aromatic N) is 6. The number of piperidine rings is 1. The van der Waals surface area contributed by atoms with Gasteiger partial charge in [-0.1, -0.05) is 0 Å². The Balaban J connectivity index is 1.43. The van der Waals surface area contributed by atoms with E-state index in [2.05, 4.69) is 24.8 Å². The third-order valence-electron chi connectivity index (χ3n) is 4.67. The van der Waals surface area contributed by atoms with Crippen molar-refractivity contribution in [3.63, 3.8) is 0 Å². The number of carbonyl (C=O) groups excluding carboxylic acids is 1. The van der Waals surface area contributed by atoms with E-state index in [0.29, 0.717) is 12.1 Å². The molecule has 0 bridgehead atoms. The maximum absolute atomic E-state index is 12.5. The molecule has 1 saturated heterocycles. The van der Waals surface area contributed by atoms with Crippen LogP contribution in [-0.2, 0) is 0 Å². The molecule has 2 aromatic heterocycles. The molecule has 0 N–H and O–H groups in total. The molecule has 7 heteroatoms.